The minimum absolute atomic E-state index is 0.849. The Morgan fingerprint density at radius 1 is 1.32 bits per heavy atom. The molecule has 0 amide bonds. The Hall–Kier alpha value is -0.570. The SMILES string of the molecule is CCN(Cc1ccc(C)c(Cl)c1)CC1CCNCC1. The van der Waals surface area contributed by atoms with E-state index in [0.717, 1.165) is 29.6 Å². The first kappa shape index (κ1) is 14.8. The number of piperidine rings is 1. The van der Waals surface area contributed by atoms with Gasteiger partial charge in [-0.05, 0) is 62.5 Å². The molecule has 1 aromatic carbocycles. The van der Waals surface area contributed by atoms with Gasteiger partial charge in [0, 0.05) is 18.1 Å². The Morgan fingerprint density at radius 2 is 2.05 bits per heavy atom. The van der Waals surface area contributed by atoms with E-state index in [1.165, 1.54) is 38.0 Å². The Kier molecular flexibility index (Phi) is 5.68. The molecule has 0 bridgehead atoms. The molecule has 19 heavy (non-hydrogen) atoms. The van der Waals surface area contributed by atoms with E-state index in [0.29, 0.717) is 0 Å². The molecule has 0 atom stereocenters. The van der Waals surface area contributed by atoms with Gasteiger partial charge in [-0.15, -0.1) is 0 Å². The van der Waals surface area contributed by atoms with Gasteiger partial charge in [0.1, 0.15) is 0 Å². The molecule has 0 aromatic heterocycles. The monoisotopic (exact) mass is 280 g/mol. The summed E-state index contributed by atoms with van der Waals surface area (Å²) in [6.45, 7) is 9.99. The van der Waals surface area contributed by atoms with Gasteiger partial charge in [0.15, 0.2) is 0 Å². The highest BCUT2D eigenvalue weighted by Gasteiger charge is 2.16. The average Bonchev–Trinajstić information content (AvgIpc) is 2.43. The van der Waals surface area contributed by atoms with Gasteiger partial charge < -0.3 is 5.32 Å². The summed E-state index contributed by atoms with van der Waals surface area (Å²) in [4.78, 5) is 2.54. The molecule has 0 aliphatic carbocycles. The van der Waals surface area contributed by atoms with Gasteiger partial charge in [0.05, 0.1) is 0 Å². The maximum Gasteiger partial charge on any atom is 0.0438 e. The van der Waals surface area contributed by atoms with Crippen molar-refractivity contribution >= 4 is 11.6 Å². The third-order valence-electron chi connectivity index (χ3n) is 4.06. The predicted octanol–water partition coefficient (Wildman–Crippen LogP) is 3.47. The van der Waals surface area contributed by atoms with E-state index in [-0.39, 0.29) is 0 Å². The smallest absolute Gasteiger partial charge is 0.0438 e. The largest absolute Gasteiger partial charge is 0.317 e. The number of nitrogens with one attached hydrogen (secondary N) is 1. The van der Waals surface area contributed by atoms with Crippen molar-refractivity contribution in [3.63, 3.8) is 0 Å². The van der Waals surface area contributed by atoms with Crippen LogP contribution in [0.4, 0.5) is 0 Å². The molecule has 0 unspecified atom stereocenters. The lowest BCUT2D eigenvalue weighted by atomic mass is 9.97. The summed E-state index contributed by atoms with van der Waals surface area (Å²) in [5, 5.41) is 4.32. The lowest BCUT2D eigenvalue weighted by Crippen LogP contribution is -2.35. The zero-order valence-corrected chi connectivity index (χ0v) is 12.8. The second kappa shape index (κ2) is 7.28. The van der Waals surface area contributed by atoms with E-state index >= 15 is 0 Å². The fourth-order valence-corrected chi connectivity index (χ4v) is 2.93. The summed E-state index contributed by atoms with van der Waals surface area (Å²) < 4.78 is 0. The van der Waals surface area contributed by atoms with Gasteiger partial charge in [-0.3, -0.25) is 4.90 Å². The van der Waals surface area contributed by atoms with Crippen LogP contribution in [0.3, 0.4) is 0 Å². The van der Waals surface area contributed by atoms with E-state index in [2.05, 4.69) is 42.3 Å². The number of benzene rings is 1. The Morgan fingerprint density at radius 3 is 2.68 bits per heavy atom. The third-order valence-corrected chi connectivity index (χ3v) is 4.47. The second-order valence-corrected chi connectivity index (χ2v) is 6.01. The van der Waals surface area contributed by atoms with Crippen LogP contribution in [0.1, 0.15) is 30.9 Å². The minimum Gasteiger partial charge on any atom is -0.317 e. The molecule has 1 saturated heterocycles. The Bertz CT molecular complexity index is 400. The first-order valence-electron chi connectivity index (χ1n) is 7.37. The number of halogens is 1. The van der Waals surface area contributed by atoms with Crippen LogP contribution >= 0.6 is 11.6 Å². The highest BCUT2D eigenvalue weighted by Crippen LogP contribution is 2.19. The van der Waals surface area contributed by atoms with Gasteiger partial charge >= 0.3 is 0 Å². The molecule has 1 aromatic rings. The summed E-state index contributed by atoms with van der Waals surface area (Å²) in [6, 6.07) is 6.43. The molecule has 1 heterocycles. The molecule has 1 N–H and O–H groups in total. The van der Waals surface area contributed by atoms with Crippen molar-refractivity contribution in [2.24, 2.45) is 5.92 Å². The van der Waals surface area contributed by atoms with Crippen LogP contribution in [-0.4, -0.2) is 31.1 Å². The van der Waals surface area contributed by atoms with Gasteiger partial charge in [-0.1, -0.05) is 30.7 Å². The van der Waals surface area contributed by atoms with E-state index in [4.69, 9.17) is 11.6 Å². The van der Waals surface area contributed by atoms with Gasteiger partial charge in [-0.25, -0.2) is 0 Å². The standard InChI is InChI=1S/C16H25ClN2/c1-3-19(11-14-6-8-18-9-7-14)12-15-5-4-13(2)16(17)10-15/h4-5,10,14,18H,3,6-9,11-12H2,1-2H3. The minimum atomic E-state index is 0.849. The fourth-order valence-electron chi connectivity index (χ4n) is 2.73. The average molecular weight is 281 g/mol. The van der Waals surface area contributed by atoms with Crippen molar-refractivity contribution in [3.05, 3.63) is 34.3 Å². The molecule has 1 fully saturated rings. The highest BCUT2D eigenvalue weighted by molar-refractivity contribution is 6.31. The molecule has 106 valence electrons. The van der Waals surface area contributed by atoms with Crippen LogP contribution in [0, 0.1) is 12.8 Å². The van der Waals surface area contributed by atoms with Crippen molar-refractivity contribution in [1.29, 1.82) is 0 Å². The van der Waals surface area contributed by atoms with Crippen molar-refractivity contribution < 1.29 is 0 Å². The fraction of sp³-hybridized carbons (Fsp3) is 0.625. The van der Waals surface area contributed by atoms with E-state index < -0.39 is 0 Å². The summed E-state index contributed by atoms with van der Waals surface area (Å²) in [6.07, 6.45) is 2.62. The van der Waals surface area contributed by atoms with Crippen molar-refractivity contribution in [2.75, 3.05) is 26.2 Å². The first-order chi connectivity index (χ1) is 9.19. The van der Waals surface area contributed by atoms with Crippen molar-refractivity contribution in [3.8, 4) is 0 Å². The number of rotatable bonds is 5. The van der Waals surface area contributed by atoms with Crippen LogP contribution in [0.5, 0.6) is 0 Å². The Balaban J connectivity index is 1.92. The maximum absolute atomic E-state index is 6.21. The lowest BCUT2D eigenvalue weighted by Gasteiger charge is -2.29. The number of hydrogen-bond acceptors (Lipinski definition) is 2. The molecule has 2 rings (SSSR count). The molecule has 0 spiro atoms. The van der Waals surface area contributed by atoms with Gasteiger partial charge in [0.2, 0.25) is 0 Å². The Labute approximate surface area is 122 Å². The second-order valence-electron chi connectivity index (χ2n) is 5.60. The van der Waals surface area contributed by atoms with Crippen LogP contribution in [0.25, 0.3) is 0 Å². The van der Waals surface area contributed by atoms with Crippen LogP contribution in [0.15, 0.2) is 18.2 Å². The predicted molar refractivity (Wildman–Crippen MR) is 82.7 cm³/mol. The quantitative estimate of drug-likeness (QED) is 0.888. The van der Waals surface area contributed by atoms with Crippen LogP contribution < -0.4 is 5.32 Å². The maximum atomic E-state index is 6.21. The van der Waals surface area contributed by atoms with E-state index in [1.54, 1.807) is 0 Å². The zero-order valence-electron chi connectivity index (χ0n) is 12.1. The van der Waals surface area contributed by atoms with E-state index in [1.807, 2.05) is 0 Å². The summed E-state index contributed by atoms with van der Waals surface area (Å²) >= 11 is 6.21. The van der Waals surface area contributed by atoms with E-state index in [9.17, 15) is 0 Å². The van der Waals surface area contributed by atoms with Gasteiger partial charge in [-0.2, -0.15) is 0 Å². The first-order valence-corrected chi connectivity index (χ1v) is 7.75. The summed E-state index contributed by atoms with van der Waals surface area (Å²) in [7, 11) is 0. The van der Waals surface area contributed by atoms with Crippen molar-refractivity contribution in [2.45, 2.75) is 33.2 Å². The third kappa shape index (κ3) is 4.48. The zero-order chi connectivity index (χ0) is 13.7. The van der Waals surface area contributed by atoms with Gasteiger partial charge in [0.25, 0.3) is 0 Å². The molecule has 0 radical (unpaired) electrons. The van der Waals surface area contributed by atoms with Crippen LogP contribution in [0.2, 0.25) is 5.02 Å². The molecule has 1 aliphatic rings. The molecule has 1 aliphatic heterocycles. The normalized spacial score (nSPS) is 17.1. The summed E-state index contributed by atoms with van der Waals surface area (Å²) in [5.74, 6) is 0.849. The van der Waals surface area contributed by atoms with Crippen LogP contribution in [-0.2, 0) is 6.54 Å². The number of hydrogen-bond donors (Lipinski definition) is 1. The topological polar surface area (TPSA) is 15.3 Å². The number of aryl methyl sites for hydroxylation is 1. The molecular formula is C16H25ClN2. The molecule has 3 heteroatoms. The number of nitrogens with zero attached hydrogens (tertiary/aromatic N) is 1. The highest BCUT2D eigenvalue weighted by atomic mass is 35.5. The summed E-state index contributed by atoms with van der Waals surface area (Å²) in [5.41, 5.74) is 2.48. The van der Waals surface area contributed by atoms with Crippen molar-refractivity contribution in [1.82, 2.24) is 10.2 Å². The molecule has 0 saturated carbocycles. The molecule has 2 nitrogen and oxygen atoms in total. The molecular weight excluding hydrogens is 256 g/mol. The lowest BCUT2D eigenvalue weighted by molar-refractivity contribution is 0.207.